The average molecular weight is 1200 g/mol. The van der Waals surface area contributed by atoms with Crippen molar-refractivity contribution in [3.8, 4) is 55.6 Å². The summed E-state index contributed by atoms with van der Waals surface area (Å²) in [5.41, 5.74) is 26.0. The summed E-state index contributed by atoms with van der Waals surface area (Å²) in [6.07, 6.45) is 57.3. The topological polar surface area (TPSA) is 0 Å². The molecule has 1 unspecified atom stereocenters. The van der Waals surface area contributed by atoms with Crippen LogP contribution in [0.25, 0.3) is 55.6 Å². The first-order chi connectivity index (χ1) is 43.8. The second kappa shape index (κ2) is 35.4. The van der Waals surface area contributed by atoms with Crippen molar-refractivity contribution in [2.24, 2.45) is 0 Å². The Morgan fingerprint density at radius 1 is 0.202 bits per heavy atom. The standard InChI is InChI=1S/C89H126/c1-8-14-20-26-32-38-42-60-87(59-41-33-27-21-15-9-2)81-48-40-39-47-75(81)77-55-50-71(66-83(77)87)73-52-57-79-80-58-53-74(69-86(80)89(85(79)68-73,63-45-36-30-24-18-12-5)64-46-37-31-25-19-13-6)72-51-56-78-76-54-49-70(7)65-82(76)88(84(78)67-72,61-43-34-28-22-16-10-3)62-44-35-29-23-17-11-4/h39-40,47-58,65-69H,8-38,41-46,59-64H2,1-7H3. The van der Waals surface area contributed by atoms with Crippen molar-refractivity contribution < 1.29 is 0 Å². The molecule has 0 amide bonds. The van der Waals surface area contributed by atoms with Crippen molar-refractivity contribution in [3.63, 3.8) is 0 Å². The highest BCUT2D eigenvalue weighted by molar-refractivity contribution is 5.89. The van der Waals surface area contributed by atoms with E-state index in [1.807, 2.05) is 0 Å². The summed E-state index contributed by atoms with van der Waals surface area (Å²) >= 11 is 0. The Labute approximate surface area is 547 Å². The van der Waals surface area contributed by atoms with Crippen LogP contribution in [0.4, 0.5) is 0 Å². The van der Waals surface area contributed by atoms with Gasteiger partial charge in [0.1, 0.15) is 0 Å². The lowest BCUT2D eigenvalue weighted by Gasteiger charge is -2.34. The summed E-state index contributed by atoms with van der Waals surface area (Å²) in [4.78, 5) is 0. The molecule has 3 aliphatic rings. The molecule has 0 aliphatic heterocycles. The van der Waals surface area contributed by atoms with Crippen LogP contribution in [-0.4, -0.2) is 0 Å². The van der Waals surface area contributed by atoms with Crippen molar-refractivity contribution >= 4 is 0 Å². The number of hydrogen-bond acceptors (Lipinski definition) is 0. The van der Waals surface area contributed by atoms with E-state index in [1.165, 1.54) is 337 Å². The van der Waals surface area contributed by atoms with Gasteiger partial charge in [-0.3, -0.25) is 0 Å². The minimum atomic E-state index is -0.0262. The SMILES string of the molecule is CCCCCCCCCC1(CCCCCCCC)c2ccccc2-c2ccc(-c3ccc4c(c3)C(CCCCCCCC)(CCCCCCCC)c3cc(-c5ccc6c(c5)C(CCCCCCCC)(CCCCCCCC)c5cc(C)ccc5-6)ccc3-4)cc21. The van der Waals surface area contributed by atoms with Gasteiger partial charge in [-0.15, -0.1) is 0 Å². The second-order valence-corrected chi connectivity index (χ2v) is 29.3. The summed E-state index contributed by atoms with van der Waals surface area (Å²) in [7, 11) is 0. The maximum absolute atomic E-state index is 2.77. The molecule has 9 rings (SSSR count). The van der Waals surface area contributed by atoms with Gasteiger partial charge in [-0.25, -0.2) is 0 Å². The van der Waals surface area contributed by atoms with E-state index in [1.54, 1.807) is 33.4 Å². The number of rotatable bonds is 45. The lowest BCUT2D eigenvalue weighted by molar-refractivity contribution is 0.397. The highest BCUT2D eigenvalue weighted by atomic mass is 14.5. The summed E-state index contributed by atoms with van der Waals surface area (Å²) in [6.45, 7) is 16.5. The molecule has 0 bridgehead atoms. The Morgan fingerprint density at radius 2 is 0.416 bits per heavy atom. The number of hydrogen-bond donors (Lipinski definition) is 0. The van der Waals surface area contributed by atoms with Gasteiger partial charge in [0.25, 0.3) is 0 Å². The maximum Gasteiger partial charge on any atom is 0.0215 e. The molecule has 0 fully saturated rings. The van der Waals surface area contributed by atoms with Crippen LogP contribution in [0, 0.1) is 6.92 Å². The van der Waals surface area contributed by atoms with E-state index in [4.69, 9.17) is 0 Å². The summed E-state index contributed by atoms with van der Waals surface area (Å²) in [5, 5.41) is 0. The van der Waals surface area contributed by atoms with Crippen molar-refractivity contribution in [2.45, 2.75) is 341 Å². The van der Waals surface area contributed by atoms with Crippen molar-refractivity contribution in [2.75, 3.05) is 0 Å². The van der Waals surface area contributed by atoms with E-state index in [-0.39, 0.29) is 16.2 Å². The first-order valence-electron chi connectivity index (χ1n) is 38.6. The van der Waals surface area contributed by atoms with Crippen molar-refractivity contribution in [1.29, 1.82) is 0 Å². The molecule has 6 aromatic rings. The molecule has 482 valence electrons. The molecule has 0 saturated heterocycles. The third-order valence-electron chi connectivity index (χ3n) is 22.8. The number of unbranched alkanes of at least 4 members (excludes halogenated alkanes) is 31. The van der Waals surface area contributed by atoms with E-state index < -0.39 is 0 Å². The zero-order valence-corrected chi connectivity index (χ0v) is 58.4. The second-order valence-electron chi connectivity index (χ2n) is 29.3. The van der Waals surface area contributed by atoms with Gasteiger partial charge in [0, 0.05) is 16.2 Å². The Morgan fingerprint density at radius 3 is 0.697 bits per heavy atom. The van der Waals surface area contributed by atoms with E-state index >= 15 is 0 Å². The predicted octanol–water partition coefficient (Wildman–Crippen LogP) is 29.0. The molecule has 1 atom stereocenters. The number of fused-ring (bicyclic) bond motifs is 9. The van der Waals surface area contributed by atoms with Crippen LogP contribution in [0.3, 0.4) is 0 Å². The number of aryl methyl sites for hydroxylation is 1. The summed E-state index contributed by atoms with van der Waals surface area (Å²) in [6, 6.07) is 48.7. The third kappa shape index (κ3) is 16.6. The summed E-state index contributed by atoms with van der Waals surface area (Å²) in [5.74, 6) is 0. The monoisotopic (exact) mass is 1190 g/mol. The van der Waals surface area contributed by atoms with Crippen LogP contribution in [0.5, 0.6) is 0 Å². The van der Waals surface area contributed by atoms with Gasteiger partial charge in [-0.1, -0.05) is 376 Å². The molecule has 0 N–H and O–H groups in total. The molecule has 3 aliphatic carbocycles. The zero-order valence-electron chi connectivity index (χ0n) is 58.4. The Kier molecular flexibility index (Phi) is 27.3. The minimum absolute atomic E-state index is 0.0262. The molecule has 0 heterocycles. The molecule has 0 spiro atoms. The fourth-order valence-electron chi connectivity index (χ4n) is 17.7. The van der Waals surface area contributed by atoms with Crippen LogP contribution in [0.2, 0.25) is 0 Å². The van der Waals surface area contributed by atoms with Gasteiger partial charge in [-0.2, -0.15) is 0 Å². The molecule has 0 radical (unpaired) electrons. The van der Waals surface area contributed by atoms with Gasteiger partial charge >= 0.3 is 0 Å². The lowest BCUT2D eigenvalue weighted by Crippen LogP contribution is -2.26. The van der Waals surface area contributed by atoms with Crippen LogP contribution in [-0.2, 0) is 16.2 Å². The van der Waals surface area contributed by atoms with Gasteiger partial charge < -0.3 is 0 Å². The largest absolute Gasteiger partial charge is 0.0654 e. The van der Waals surface area contributed by atoms with Gasteiger partial charge in [0.05, 0.1) is 0 Å². The van der Waals surface area contributed by atoms with Crippen molar-refractivity contribution in [3.05, 3.63) is 154 Å². The van der Waals surface area contributed by atoms with E-state index in [9.17, 15) is 0 Å². The normalized spacial score (nSPS) is 15.5. The highest BCUT2D eigenvalue weighted by Gasteiger charge is 2.46. The Bertz CT molecular complexity index is 3030. The lowest BCUT2D eigenvalue weighted by atomic mass is 9.69. The van der Waals surface area contributed by atoms with E-state index in [0.717, 1.165) is 0 Å². The molecule has 0 saturated carbocycles. The smallest absolute Gasteiger partial charge is 0.0215 e. The molecular formula is C89H126. The van der Waals surface area contributed by atoms with Crippen LogP contribution >= 0.6 is 0 Å². The third-order valence-corrected chi connectivity index (χ3v) is 22.8. The molecule has 0 heteroatoms. The molecule has 0 nitrogen and oxygen atoms in total. The molecule has 0 aromatic heterocycles. The Balaban J connectivity index is 1.13. The number of benzene rings is 6. The quantitative estimate of drug-likeness (QED) is 0.0334. The van der Waals surface area contributed by atoms with Crippen molar-refractivity contribution in [1.82, 2.24) is 0 Å². The van der Waals surface area contributed by atoms with E-state index in [2.05, 4.69) is 164 Å². The van der Waals surface area contributed by atoms with Gasteiger partial charge in [-0.05, 0) is 159 Å². The summed E-state index contributed by atoms with van der Waals surface area (Å²) < 4.78 is 0. The zero-order chi connectivity index (χ0) is 62.2. The van der Waals surface area contributed by atoms with Crippen LogP contribution in [0.1, 0.15) is 357 Å². The first kappa shape index (κ1) is 68.7. The van der Waals surface area contributed by atoms with Crippen LogP contribution < -0.4 is 0 Å². The molecule has 6 aromatic carbocycles. The van der Waals surface area contributed by atoms with Crippen LogP contribution in [0.15, 0.2) is 115 Å². The molecule has 89 heavy (non-hydrogen) atoms. The minimum Gasteiger partial charge on any atom is -0.0654 e. The van der Waals surface area contributed by atoms with E-state index in [0.29, 0.717) is 0 Å². The predicted molar refractivity (Wildman–Crippen MR) is 393 cm³/mol. The first-order valence-corrected chi connectivity index (χ1v) is 38.6. The Hall–Kier alpha value is -4.68. The highest BCUT2D eigenvalue weighted by Crippen LogP contribution is 2.60. The maximum atomic E-state index is 2.77. The van der Waals surface area contributed by atoms with Gasteiger partial charge in [0.2, 0.25) is 0 Å². The fraction of sp³-hybridized carbons (Fsp3) is 0.596. The van der Waals surface area contributed by atoms with Gasteiger partial charge in [0.15, 0.2) is 0 Å². The fourth-order valence-corrected chi connectivity index (χ4v) is 17.7. The average Bonchev–Trinajstić information content (AvgIpc) is 1.59. The molecular weight excluding hydrogens is 1070 g/mol.